The number of rotatable bonds is 5. The second-order valence-electron chi connectivity index (χ2n) is 6.05. The van der Waals surface area contributed by atoms with Gasteiger partial charge in [-0.25, -0.2) is 9.37 Å². The molecular formula is C19H16FN5S2. The molecular weight excluding hydrogens is 381 g/mol. The van der Waals surface area contributed by atoms with E-state index in [0.717, 1.165) is 38.2 Å². The van der Waals surface area contributed by atoms with E-state index in [-0.39, 0.29) is 5.82 Å². The summed E-state index contributed by atoms with van der Waals surface area (Å²) in [5.41, 5.74) is 5.11. The average molecular weight is 398 g/mol. The van der Waals surface area contributed by atoms with Crippen LogP contribution in [0, 0.1) is 19.7 Å². The fourth-order valence-corrected chi connectivity index (χ4v) is 4.49. The molecule has 0 atom stereocenters. The Morgan fingerprint density at radius 2 is 1.81 bits per heavy atom. The first-order valence-electron chi connectivity index (χ1n) is 8.30. The van der Waals surface area contributed by atoms with Crippen LogP contribution < -0.4 is 0 Å². The molecule has 0 amide bonds. The van der Waals surface area contributed by atoms with Gasteiger partial charge in [0.1, 0.15) is 10.8 Å². The van der Waals surface area contributed by atoms with Gasteiger partial charge in [0.05, 0.1) is 11.4 Å². The summed E-state index contributed by atoms with van der Waals surface area (Å²) in [4.78, 5) is 4.64. The Morgan fingerprint density at radius 1 is 1.07 bits per heavy atom. The number of aryl methyl sites for hydroxylation is 2. The standard InChI is InChI=1S/C19H16FN5S2/c1-12-4-3-5-13(2)17(12)25-19(22-23-24-25)27-11-16-10-26-18(21-16)14-6-8-15(20)9-7-14/h3-10H,11H2,1-2H3. The Kier molecular flexibility index (Phi) is 5.00. The summed E-state index contributed by atoms with van der Waals surface area (Å²) in [5, 5.41) is 15.8. The third-order valence-corrected chi connectivity index (χ3v) is 5.98. The Morgan fingerprint density at radius 3 is 2.56 bits per heavy atom. The molecule has 4 rings (SSSR count). The highest BCUT2D eigenvalue weighted by atomic mass is 32.2. The van der Waals surface area contributed by atoms with Crippen molar-refractivity contribution < 1.29 is 4.39 Å². The maximum Gasteiger partial charge on any atom is 0.214 e. The molecule has 0 saturated carbocycles. The topological polar surface area (TPSA) is 56.5 Å². The summed E-state index contributed by atoms with van der Waals surface area (Å²) in [5.74, 6) is 0.410. The van der Waals surface area contributed by atoms with Crippen molar-refractivity contribution in [3.8, 4) is 16.3 Å². The zero-order chi connectivity index (χ0) is 18.8. The Hall–Kier alpha value is -2.58. The predicted octanol–water partition coefficient (Wildman–Crippen LogP) is 4.83. The molecule has 5 nitrogen and oxygen atoms in total. The van der Waals surface area contributed by atoms with Gasteiger partial charge in [-0.2, -0.15) is 4.68 Å². The highest BCUT2D eigenvalue weighted by Crippen LogP contribution is 2.29. The van der Waals surface area contributed by atoms with Crippen LogP contribution in [0.4, 0.5) is 4.39 Å². The van der Waals surface area contributed by atoms with Crippen molar-refractivity contribution >= 4 is 23.1 Å². The summed E-state index contributed by atoms with van der Waals surface area (Å²) in [7, 11) is 0. The van der Waals surface area contributed by atoms with Crippen molar-refractivity contribution in [2.24, 2.45) is 0 Å². The SMILES string of the molecule is Cc1cccc(C)c1-n1nnnc1SCc1csc(-c2ccc(F)cc2)n1. The van der Waals surface area contributed by atoms with Crippen LogP contribution in [0.2, 0.25) is 0 Å². The smallest absolute Gasteiger partial charge is 0.214 e. The molecule has 4 aromatic rings. The lowest BCUT2D eigenvalue weighted by Gasteiger charge is -2.10. The van der Waals surface area contributed by atoms with Crippen LogP contribution in [0.3, 0.4) is 0 Å². The molecule has 0 radical (unpaired) electrons. The van der Waals surface area contributed by atoms with Gasteiger partial charge in [0.25, 0.3) is 0 Å². The number of para-hydroxylation sites is 1. The molecule has 27 heavy (non-hydrogen) atoms. The number of benzene rings is 2. The van der Waals surface area contributed by atoms with E-state index in [4.69, 9.17) is 0 Å². The van der Waals surface area contributed by atoms with Gasteiger partial charge < -0.3 is 0 Å². The highest BCUT2D eigenvalue weighted by molar-refractivity contribution is 7.98. The van der Waals surface area contributed by atoms with Crippen molar-refractivity contribution in [1.82, 2.24) is 25.2 Å². The molecule has 2 aromatic carbocycles. The normalized spacial score (nSPS) is 11.1. The number of thiazole rings is 1. The van der Waals surface area contributed by atoms with Crippen LogP contribution in [-0.4, -0.2) is 25.2 Å². The summed E-state index contributed by atoms with van der Waals surface area (Å²) in [6.45, 7) is 4.10. The predicted molar refractivity (Wildman–Crippen MR) is 106 cm³/mol. The maximum atomic E-state index is 13.1. The molecule has 2 heterocycles. The van der Waals surface area contributed by atoms with Crippen LogP contribution in [0.5, 0.6) is 0 Å². The Bertz CT molecular complexity index is 1050. The van der Waals surface area contributed by atoms with Gasteiger partial charge in [0.15, 0.2) is 0 Å². The lowest BCUT2D eigenvalue weighted by atomic mass is 10.1. The van der Waals surface area contributed by atoms with Crippen LogP contribution in [0.15, 0.2) is 53.0 Å². The number of halogens is 1. The number of nitrogens with zero attached hydrogens (tertiary/aromatic N) is 5. The summed E-state index contributed by atoms with van der Waals surface area (Å²) < 4.78 is 14.9. The minimum Gasteiger partial charge on any atom is -0.240 e. The lowest BCUT2D eigenvalue weighted by Crippen LogP contribution is -2.04. The first kappa shape index (κ1) is 17.8. The highest BCUT2D eigenvalue weighted by Gasteiger charge is 2.14. The molecule has 0 bridgehead atoms. The maximum absolute atomic E-state index is 13.1. The number of aromatic nitrogens is 5. The molecule has 0 fully saturated rings. The zero-order valence-electron chi connectivity index (χ0n) is 14.8. The lowest BCUT2D eigenvalue weighted by molar-refractivity contribution is 0.628. The van der Waals surface area contributed by atoms with E-state index < -0.39 is 0 Å². The number of tetrazole rings is 1. The molecule has 0 aliphatic heterocycles. The van der Waals surface area contributed by atoms with Crippen LogP contribution in [-0.2, 0) is 5.75 Å². The fraction of sp³-hybridized carbons (Fsp3) is 0.158. The quantitative estimate of drug-likeness (QED) is 0.451. The largest absolute Gasteiger partial charge is 0.240 e. The molecule has 0 spiro atoms. The van der Waals surface area contributed by atoms with E-state index in [0.29, 0.717) is 5.75 Å². The number of thioether (sulfide) groups is 1. The number of hydrogen-bond acceptors (Lipinski definition) is 6. The van der Waals surface area contributed by atoms with E-state index >= 15 is 0 Å². The molecule has 0 aliphatic carbocycles. The molecule has 136 valence electrons. The van der Waals surface area contributed by atoms with E-state index in [2.05, 4.69) is 20.5 Å². The van der Waals surface area contributed by atoms with Gasteiger partial charge >= 0.3 is 0 Å². The first-order chi connectivity index (χ1) is 13.1. The Labute approximate surface area is 164 Å². The van der Waals surface area contributed by atoms with Gasteiger partial charge in [-0.15, -0.1) is 16.4 Å². The summed E-state index contributed by atoms with van der Waals surface area (Å²) in [6.07, 6.45) is 0. The first-order valence-corrected chi connectivity index (χ1v) is 10.2. The van der Waals surface area contributed by atoms with Gasteiger partial charge in [0.2, 0.25) is 5.16 Å². The van der Waals surface area contributed by atoms with Crippen molar-refractivity contribution in [2.75, 3.05) is 0 Å². The third-order valence-electron chi connectivity index (χ3n) is 4.08. The van der Waals surface area contributed by atoms with Crippen molar-refractivity contribution in [3.63, 3.8) is 0 Å². The Balaban J connectivity index is 1.52. The molecule has 0 N–H and O–H groups in total. The van der Waals surface area contributed by atoms with Crippen molar-refractivity contribution in [3.05, 3.63) is 70.5 Å². The minimum absolute atomic E-state index is 0.246. The third kappa shape index (κ3) is 3.77. The summed E-state index contributed by atoms with van der Waals surface area (Å²) in [6, 6.07) is 12.5. The second kappa shape index (κ2) is 7.58. The molecule has 0 aliphatic rings. The van der Waals surface area contributed by atoms with Gasteiger partial charge in [-0.3, -0.25) is 0 Å². The van der Waals surface area contributed by atoms with Crippen LogP contribution >= 0.6 is 23.1 Å². The molecule has 0 saturated heterocycles. The molecule has 2 aromatic heterocycles. The number of hydrogen-bond donors (Lipinski definition) is 0. The van der Waals surface area contributed by atoms with Crippen molar-refractivity contribution in [1.29, 1.82) is 0 Å². The molecule has 0 unspecified atom stereocenters. The van der Waals surface area contributed by atoms with Gasteiger partial charge in [-0.1, -0.05) is 30.0 Å². The van der Waals surface area contributed by atoms with Gasteiger partial charge in [0, 0.05) is 16.7 Å². The van der Waals surface area contributed by atoms with Crippen LogP contribution in [0.25, 0.3) is 16.3 Å². The van der Waals surface area contributed by atoms with Gasteiger partial charge in [-0.05, 0) is 59.7 Å². The van der Waals surface area contributed by atoms with E-state index in [9.17, 15) is 4.39 Å². The van der Waals surface area contributed by atoms with Crippen LogP contribution in [0.1, 0.15) is 16.8 Å². The zero-order valence-corrected chi connectivity index (χ0v) is 16.4. The minimum atomic E-state index is -0.246. The average Bonchev–Trinajstić information content (AvgIpc) is 3.30. The second-order valence-corrected chi connectivity index (χ2v) is 7.85. The van der Waals surface area contributed by atoms with E-state index in [1.54, 1.807) is 39.9 Å². The van der Waals surface area contributed by atoms with E-state index in [1.807, 2.05) is 37.4 Å². The van der Waals surface area contributed by atoms with Crippen molar-refractivity contribution in [2.45, 2.75) is 24.8 Å². The summed E-state index contributed by atoms with van der Waals surface area (Å²) >= 11 is 3.09. The fourth-order valence-electron chi connectivity index (χ4n) is 2.79. The van der Waals surface area contributed by atoms with E-state index in [1.165, 1.54) is 12.1 Å². The molecule has 8 heteroatoms. The monoisotopic (exact) mass is 397 g/mol.